The predicted molar refractivity (Wildman–Crippen MR) is 136 cm³/mol. The predicted octanol–water partition coefficient (Wildman–Crippen LogP) is 5.33. The van der Waals surface area contributed by atoms with Crippen LogP contribution >= 0.6 is 22.9 Å². The molecule has 0 saturated carbocycles. The molecule has 180 valence electrons. The third-order valence-corrected chi connectivity index (χ3v) is 7.38. The standard InChI is InChI=1S/C25H23ClFN5O2S/c26-19-11-17(5-6-20(19)27)30-23-18-12-22(35-25(18)29-14-28-23)24(34)31-16-7-9-32(10-8-16)13-15-3-1-2-4-21(15)33/h1-6,11-12,14,16,33H,7-10,13H2,(H,31,34)(H,28,29,30). The smallest absolute Gasteiger partial charge is 0.261 e. The number of phenolic OH excluding ortho intramolecular Hbond substituents is 1. The second-order valence-corrected chi connectivity index (χ2v) is 9.90. The number of aromatic hydroxyl groups is 1. The van der Waals surface area contributed by atoms with Crippen molar-refractivity contribution in [2.75, 3.05) is 18.4 Å². The van der Waals surface area contributed by atoms with Crippen LogP contribution in [0.2, 0.25) is 5.02 Å². The van der Waals surface area contributed by atoms with Crippen LogP contribution in [0.5, 0.6) is 5.75 Å². The maximum Gasteiger partial charge on any atom is 0.261 e. The van der Waals surface area contributed by atoms with Crippen molar-refractivity contribution in [1.82, 2.24) is 20.2 Å². The zero-order valence-electron chi connectivity index (χ0n) is 18.7. The quantitative estimate of drug-likeness (QED) is 0.324. The van der Waals surface area contributed by atoms with Crippen LogP contribution in [-0.4, -0.2) is 45.0 Å². The Morgan fingerprint density at radius 3 is 2.74 bits per heavy atom. The van der Waals surface area contributed by atoms with Crippen LogP contribution in [-0.2, 0) is 6.54 Å². The van der Waals surface area contributed by atoms with Gasteiger partial charge in [-0.25, -0.2) is 14.4 Å². The number of nitrogens with one attached hydrogen (secondary N) is 2. The molecule has 5 rings (SSSR count). The van der Waals surface area contributed by atoms with E-state index in [1.165, 1.54) is 29.8 Å². The Morgan fingerprint density at radius 2 is 1.97 bits per heavy atom. The van der Waals surface area contributed by atoms with Gasteiger partial charge in [-0.1, -0.05) is 29.8 Å². The van der Waals surface area contributed by atoms with Crippen LogP contribution in [0.25, 0.3) is 10.2 Å². The van der Waals surface area contributed by atoms with Gasteiger partial charge in [-0.3, -0.25) is 9.69 Å². The molecule has 4 aromatic rings. The number of aromatic nitrogens is 2. The van der Waals surface area contributed by atoms with Crippen molar-refractivity contribution in [2.45, 2.75) is 25.4 Å². The number of anilines is 2. The van der Waals surface area contributed by atoms with E-state index in [2.05, 4.69) is 25.5 Å². The van der Waals surface area contributed by atoms with Crippen LogP contribution in [0, 0.1) is 5.82 Å². The van der Waals surface area contributed by atoms with E-state index in [1.807, 2.05) is 18.2 Å². The van der Waals surface area contributed by atoms with Crippen molar-refractivity contribution in [3.63, 3.8) is 0 Å². The highest BCUT2D eigenvalue weighted by Crippen LogP contribution is 2.31. The number of phenols is 1. The maximum atomic E-state index is 13.5. The van der Waals surface area contributed by atoms with Crippen LogP contribution in [0.4, 0.5) is 15.9 Å². The Balaban J connectivity index is 1.22. The zero-order valence-corrected chi connectivity index (χ0v) is 20.2. The second-order valence-electron chi connectivity index (χ2n) is 8.46. The Hall–Kier alpha value is -3.27. The molecule has 7 nitrogen and oxygen atoms in total. The Kier molecular flexibility index (Phi) is 6.81. The number of carbonyl (C=O) groups is 1. The average Bonchev–Trinajstić information content (AvgIpc) is 3.30. The molecule has 2 aromatic heterocycles. The normalized spacial score (nSPS) is 14.8. The lowest BCUT2D eigenvalue weighted by Crippen LogP contribution is -2.44. The zero-order chi connectivity index (χ0) is 24.4. The van der Waals surface area contributed by atoms with Gasteiger partial charge in [0.15, 0.2) is 0 Å². The van der Waals surface area contributed by atoms with E-state index in [9.17, 15) is 14.3 Å². The molecule has 10 heteroatoms. The number of carbonyl (C=O) groups excluding carboxylic acids is 1. The molecule has 1 aliphatic heterocycles. The van der Waals surface area contributed by atoms with Crippen LogP contribution < -0.4 is 10.6 Å². The molecule has 1 fully saturated rings. The summed E-state index contributed by atoms with van der Waals surface area (Å²) in [7, 11) is 0. The SMILES string of the molecule is O=C(NC1CCN(Cc2ccccc2O)CC1)c1cc2c(Nc3ccc(F)c(Cl)c3)ncnc2s1. The summed E-state index contributed by atoms with van der Waals surface area (Å²) in [6, 6.07) is 13.6. The maximum absolute atomic E-state index is 13.5. The molecule has 1 amide bonds. The Bertz CT molecular complexity index is 1370. The lowest BCUT2D eigenvalue weighted by atomic mass is 10.0. The first-order valence-corrected chi connectivity index (χ1v) is 12.4. The van der Waals surface area contributed by atoms with E-state index in [4.69, 9.17) is 11.6 Å². The van der Waals surface area contributed by atoms with Gasteiger partial charge in [0.05, 0.1) is 15.3 Å². The van der Waals surface area contributed by atoms with Crippen molar-refractivity contribution in [3.05, 3.63) is 76.1 Å². The molecule has 2 aromatic carbocycles. The molecule has 1 aliphatic rings. The number of likely N-dealkylation sites (tertiary alicyclic amines) is 1. The van der Waals surface area contributed by atoms with Gasteiger partial charge in [-0.05, 0) is 43.2 Å². The fourth-order valence-corrected chi connectivity index (χ4v) is 5.24. The summed E-state index contributed by atoms with van der Waals surface area (Å²) in [5.41, 5.74) is 1.50. The van der Waals surface area contributed by atoms with Gasteiger partial charge in [0.25, 0.3) is 5.91 Å². The topological polar surface area (TPSA) is 90.4 Å². The van der Waals surface area contributed by atoms with E-state index >= 15 is 0 Å². The van der Waals surface area contributed by atoms with Gasteiger partial charge in [0, 0.05) is 36.9 Å². The molecular formula is C25H23ClFN5O2S. The number of amides is 1. The van der Waals surface area contributed by atoms with Gasteiger partial charge in [-0.15, -0.1) is 11.3 Å². The number of hydrogen-bond acceptors (Lipinski definition) is 7. The number of para-hydroxylation sites is 1. The minimum absolute atomic E-state index is 0.0114. The Labute approximate surface area is 210 Å². The average molecular weight is 512 g/mol. The largest absolute Gasteiger partial charge is 0.508 e. The number of fused-ring (bicyclic) bond motifs is 1. The van der Waals surface area contributed by atoms with Gasteiger partial charge in [0.1, 0.15) is 28.5 Å². The summed E-state index contributed by atoms with van der Waals surface area (Å²) in [5, 5.41) is 17.0. The molecule has 0 aliphatic carbocycles. The van der Waals surface area contributed by atoms with Crippen molar-refractivity contribution in [3.8, 4) is 5.75 Å². The molecule has 0 radical (unpaired) electrons. The molecule has 35 heavy (non-hydrogen) atoms. The molecule has 0 bridgehead atoms. The summed E-state index contributed by atoms with van der Waals surface area (Å²) in [6.45, 7) is 2.37. The fraction of sp³-hybridized carbons (Fsp3) is 0.240. The number of rotatable bonds is 6. The van der Waals surface area contributed by atoms with Crippen molar-refractivity contribution < 1.29 is 14.3 Å². The first-order valence-electron chi connectivity index (χ1n) is 11.2. The van der Waals surface area contributed by atoms with Gasteiger partial charge >= 0.3 is 0 Å². The lowest BCUT2D eigenvalue weighted by molar-refractivity contribution is 0.0913. The fourth-order valence-electron chi connectivity index (χ4n) is 4.16. The van der Waals surface area contributed by atoms with Crippen LogP contribution in [0.3, 0.4) is 0 Å². The van der Waals surface area contributed by atoms with Crippen molar-refractivity contribution in [1.29, 1.82) is 0 Å². The summed E-state index contributed by atoms with van der Waals surface area (Å²) >= 11 is 7.18. The third-order valence-electron chi connectivity index (χ3n) is 6.04. The van der Waals surface area contributed by atoms with E-state index in [-0.39, 0.29) is 17.0 Å². The van der Waals surface area contributed by atoms with Gasteiger partial charge < -0.3 is 15.7 Å². The number of halogens is 2. The monoisotopic (exact) mass is 511 g/mol. The van der Waals surface area contributed by atoms with Gasteiger partial charge in [-0.2, -0.15) is 0 Å². The number of hydrogen-bond donors (Lipinski definition) is 3. The number of benzene rings is 2. The highest BCUT2D eigenvalue weighted by molar-refractivity contribution is 7.20. The molecule has 0 atom stereocenters. The van der Waals surface area contributed by atoms with Crippen LogP contribution in [0.1, 0.15) is 28.1 Å². The first-order chi connectivity index (χ1) is 17.0. The highest BCUT2D eigenvalue weighted by Gasteiger charge is 2.23. The summed E-state index contributed by atoms with van der Waals surface area (Å²) in [4.78, 5) is 25.1. The minimum atomic E-state index is -0.497. The second kappa shape index (κ2) is 10.2. The number of nitrogens with zero attached hydrogens (tertiary/aromatic N) is 3. The Morgan fingerprint density at radius 1 is 1.17 bits per heavy atom. The van der Waals surface area contributed by atoms with Gasteiger partial charge in [0.2, 0.25) is 0 Å². The van der Waals surface area contributed by atoms with Crippen molar-refractivity contribution >= 4 is 50.6 Å². The highest BCUT2D eigenvalue weighted by atomic mass is 35.5. The third kappa shape index (κ3) is 5.37. The van der Waals surface area contributed by atoms with E-state index in [1.54, 1.807) is 18.2 Å². The molecule has 1 saturated heterocycles. The number of thiophene rings is 1. The molecule has 3 heterocycles. The summed E-state index contributed by atoms with van der Waals surface area (Å²) in [6.07, 6.45) is 3.10. The molecule has 0 unspecified atom stereocenters. The van der Waals surface area contributed by atoms with Crippen molar-refractivity contribution in [2.24, 2.45) is 0 Å². The van der Waals surface area contributed by atoms with Crippen LogP contribution in [0.15, 0.2) is 54.9 Å². The van der Waals surface area contributed by atoms with E-state index < -0.39 is 5.82 Å². The number of piperidine rings is 1. The molecule has 0 spiro atoms. The molecular weight excluding hydrogens is 489 g/mol. The van der Waals surface area contributed by atoms with E-state index in [0.717, 1.165) is 31.5 Å². The summed E-state index contributed by atoms with van der Waals surface area (Å²) < 4.78 is 13.5. The summed E-state index contributed by atoms with van der Waals surface area (Å²) in [5.74, 6) is 0.198. The first kappa shape index (κ1) is 23.5. The van der Waals surface area contributed by atoms with E-state index in [0.29, 0.717) is 38.9 Å². The lowest BCUT2D eigenvalue weighted by Gasteiger charge is -2.32. The minimum Gasteiger partial charge on any atom is -0.508 e. The molecule has 3 N–H and O–H groups in total.